The van der Waals surface area contributed by atoms with Gasteiger partial charge in [-0.2, -0.15) is 5.21 Å². The Bertz CT molecular complexity index is 930. The first kappa shape index (κ1) is 16.8. The summed E-state index contributed by atoms with van der Waals surface area (Å²) in [7, 11) is -3.78. The van der Waals surface area contributed by atoms with Crippen molar-refractivity contribution < 1.29 is 17.5 Å². The molecule has 2 aromatic carbocycles. The van der Waals surface area contributed by atoms with Crippen LogP contribution < -0.4 is 9.46 Å². The fourth-order valence-electron chi connectivity index (χ4n) is 2.09. The number of hydrogen-bond donors (Lipinski definition) is 2. The van der Waals surface area contributed by atoms with Gasteiger partial charge in [-0.05, 0) is 41.6 Å². The van der Waals surface area contributed by atoms with E-state index >= 15 is 0 Å². The Labute approximate surface area is 143 Å². The maximum absolute atomic E-state index is 12.5. The summed E-state index contributed by atoms with van der Waals surface area (Å²) in [5.74, 6) is 0.750. The highest BCUT2D eigenvalue weighted by Crippen LogP contribution is 2.22. The van der Waals surface area contributed by atoms with Crippen LogP contribution in [0.25, 0.3) is 11.4 Å². The lowest BCUT2D eigenvalue weighted by molar-refractivity contribution is 0.273. The summed E-state index contributed by atoms with van der Waals surface area (Å²) in [6.45, 7) is -0.712. The summed E-state index contributed by atoms with van der Waals surface area (Å²) in [5, 5.41) is 13.4. The largest absolute Gasteiger partial charge is 0.491 e. The number of anilines is 1. The van der Waals surface area contributed by atoms with Gasteiger partial charge in [-0.15, -0.1) is 10.2 Å². The minimum atomic E-state index is -3.78. The first-order chi connectivity index (χ1) is 12.1. The summed E-state index contributed by atoms with van der Waals surface area (Å²) < 4.78 is 44.7. The molecule has 0 spiro atoms. The highest BCUT2D eigenvalue weighted by Gasteiger charge is 2.15. The van der Waals surface area contributed by atoms with Gasteiger partial charge in [-0.1, -0.05) is 6.07 Å². The van der Waals surface area contributed by atoms with Gasteiger partial charge in [-0.3, -0.25) is 4.72 Å². The molecule has 0 amide bonds. The van der Waals surface area contributed by atoms with Gasteiger partial charge in [0.2, 0.25) is 5.82 Å². The number of aromatic nitrogens is 4. The Morgan fingerprint density at radius 3 is 2.64 bits per heavy atom. The molecular weight excluding hydrogens is 349 g/mol. The van der Waals surface area contributed by atoms with E-state index in [-0.39, 0.29) is 11.5 Å². The van der Waals surface area contributed by atoms with E-state index in [1.54, 1.807) is 30.3 Å². The van der Waals surface area contributed by atoms with E-state index in [4.69, 9.17) is 4.74 Å². The van der Waals surface area contributed by atoms with Gasteiger partial charge >= 0.3 is 0 Å². The minimum absolute atomic E-state index is 0.0785. The fraction of sp³-hybridized carbons (Fsp3) is 0.133. The molecule has 1 aromatic heterocycles. The molecule has 3 rings (SSSR count). The Morgan fingerprint density at radius 2 is 1.96 bits per heavy atom. The van der Waals surface area contributed by atoms with Crippen LogP contribution >= 0.6 is 0 Å². The van der Waals surface area contributed by atoms with Gasteiger partial charge in [0.25, 0.3) is 10.0 Å². The molecule has 0 saturated carbocycles. The number of nitrogens with one attached hydrogen (secondary N) is 2. The maximum Gasteiger partial charge on any atom is 0.261 e. The van der Waals surface area contributed by atoms with E-state index < -0.39 is 16.7 Å². The highest BCUT2D eigenvalue weighted by atomic mass is 32.2. The second kappa shape index (κ2) is 7.26. The number of rotatable bonds is 7. The molecule has 0 aliphatic rings. The summed E-state index contributed by atoms with van der Waals surface area (Å²) in [4.78, 5) is 0.0785. The van der Waals surface area contributed by atoms with Crippen LogP contribution in [0.4, 0.5) is 10.1 Å². The zero-order valence-corrected chi connectivity index (χ0v) is 13.7. The van der Waals surface area contributed by atoms with Gasteiger partial charge in [0.15, 0.2) is 0 Å². The molecule has 25 heavy (non-hydrogen) atoms. The Balaban J connectivity index is 1.77. The molecule has 0 atom stereocenters. The second-order valence-corrected chi connectivity index (χ2v) is 6.61. The van der Waals surface area contributed by atoms with Crippen molar-refractivity contribution in [2.24, 2.45) is 0 Å². The highest BCUT2D eigenvalue weighted by molar-refractivity contribution is 7.92. The van der Waals surface area contributed by atoms with Gasteiger partial charge < -0.3 is 4.74 Å². The fourth-order valence-corrected chi connectivity index (χ4v) is 3.14. The van der Waals surface area contributed by atoms with Crippen LogP contribution in [0.1, 0.15) is 0 Å². The van der Waals surface area contributed by atoms with E-state index in [1.807, 2.05) is 0 Å². The minimum Gasteiger partial charge on any atom is -0.491 e. The van der Waals surface area contributed by atoms with Crippen LogP contribution in [0, 0.1) is 0 Å². The lowest BCUT2D eigenvalue weighted by Crippen LogP contribution is -2.13. The maximum atomic E-state index is 12.5. The van der Waals surface area contributed by atoms with Crippen molar-refractivity contribution in [3.63, 3.8) is 0 Å². The zero-order chi connectivity index (χ0) is 17.7. The standard InChI is InChI=1S/C15H14FN5O3S/c16-8-9-24-13-3-1-2-12(10-13)19-25(22,23)14-6-4-11(5-7-14)15-17-20-21-18-15/h1-7,10,19H,8-9H2,(H,17,18,20,21). The van der Waals surface area contributed by atoms with Crippen LogP contribution in [0.5, 0.6) is 5.75 Å². The number of tetrazole rings is 1. The first-order valence-electron chi connectivity index (χ1n) is 7.24. The van der Waals surface area contributed by atoms with Crippen molar-refractivity contribution in [3.8, 4) is 17.1 Å². The SMILES string of the molecule is O=S(=O)(Nc1cccc(OCCF)c1)c1ccc(-c2nn[nH]n2)cc1. The molecule has 2 N–H and O–H groups in total. The van der Waals surface area contributed by atoms with E-state index in [0.29, 0.717) is 22.8 Å². The molecule has 3 aromatic rings. The van der Waals surface area contributed by atoms with E-state index in [1.165, 1.54) is 18.2 Å². The average Bonchev–Trinajstić information content (AvgIpc) is 3.15. The van der Waals surface area contributed by atoms with E-state index in [9.17, 15) is 12.8 Å². The quantitative estimate of drug-likeness (QED) is 0.664. The van der Waals surface area contributed by atoms with Crippen molar-refractivity contribution in [1.82, 2.24) is 20.6 Å². The number of aromatic amines is 1. The van der Waals surface area contributed by atoms with Crippen LogP contribution in [0.15, 0.2) is 53.4 Å². The van der Waals surface area contributed by atoms with Crippen LogP contribution in [0.3, 0.4) is 0 Å². The topological polar surface area (TPSA) is 110 Å². The first-order valence-corrected chi connectivity index (χ1v) is 8.72. The molecular formula is C15H14FN5O3S. The van der Waals surface area contributed by atoms with Crippen molar-refractivity contribution in [2.45, 2.75) is 4.90 Å². The third kappa shape index (κ3) is 4.10. The van der Waals surface area contributed by atoms with Gasteiger partial charge in [-0.25, -0.2) is 12.8 Å². The Morgan fingerprint density at radius 1 is 1.16 bits per heavy atom. The van der Waals surface area contributed by atoms with Crippen molar-refractivity contribution >= 4 is 15.7 Å². The number of hydrogen-bond acceptors (Lipinski definition) is 6. The van der Waals surface area contributed by atoms with Crippen molar-refractivity contribution in [2.75, 3.05) is 18.0 Å². The van der Waals surface area contributed by atoms with Crippen LogP contribution in [-0.2, 0) is 10.0 Å². The number of alkyl halides is 1. The average molecular weight is 363 g/mol. The molecule has 0 saturated heterocycles. The third-order valence-electron chi connectivity index (χ3n) is 3.20. The number of H-pyrrole nitrogens is 1. The summed E-state index contributed by atoms with van der Waals surface area (Å²) >= 11 is 0. The van der Waals surface area contributed by atoms with Crippen molar-refractivity contribution in [3.05, 3.63) is 48.5 Å². The van der Waals surface area contributed by atoms with Gasteiger partial charge in [0.1, 0.15) is 19.0 Å². The smallest absolute Gasteiger partial charge is 0.261 e. The molecule has 10 heteroatoms. The lowest BCUT2D eigenvalue weighted by atomic mass is 10.2. The van der Waals surface area contributed by atoms with Crippen LogP contribution in [-0.4, -0.2) is 42.3 Å². The molecule has 0 aliphatic heterocycles. The monoisotopic (exact) mass is 363 g/mol. The summed E-state index contributed by atoms with van der Waals surface area (Å²) in [6.07, 6.45) is 0. The number of ether oxygens (including phenoxy) is 1. The van der Waals surface area contributed by atoms with E-state index in [0.717, 1.165) is 0 Å². The molecule has 130 valence electrons. The molecule has 0 unspecified atom stereocenters. The predicted octanol–water partition coefficient (Wildman–Crippen LogP) is 2.02. The molecule has 0 aliphatic carbocycles. The predicted molar refractivity (Wildman–Crippen MR) is 88.3 cm³/mol. The van der Waals surface area contributed by atoms with E-state index in [2.05, 4.69) is 25.3 Å². The Hall–Kier alpha value is -3.01. The second-order valence-electron chi connectivity index (χ2n) is 4.93. The molecule has 1 heterocycles. The normalized spacial score (nSPS) is 11.2. The molecule has 0 fully saturated rings. The number of sulfonamides is 1. The third-order valence-corrected chi connectivity index (χ3v) is 4.60. The number of benzene rings is 2. The molecule has 8 nitrogen and oxygen atoms in total. The molecule has 0 bridgehead atoms. The summed E-state index contributed by atoms with van der Waals surface area (Å²) in [6, 6.07) is 12.3. The zero-order valence-electron chi connectivity index (χ0n) is 12.9. The van der Waals surface area contributed by atoms with Crippen molar-refractivity contribution in [1.29, 1.82) is 0 Å². The van der Waals surface area contributed by atoms with Gasteiger partial charge in [0.05, 0.1) is 10.6 Å². The molecule has 0 radical (unpaired) electrons. The number of halogens is 1. The van der Waals surface area contributed by atoms with Gasteiger partial charge in [0, 0.05) is 11.6 Å². The van der Waals surface area contributed by atoms with Crippen LogP contribution in [0.2, 0.25) is 0 Å². The lowest BCUT2D eigenvalue weighted by Gasteiger charge is -2.10. The Kier molecular flexibility index (Phi) is 4.89. The number of nitrogens with zero attached hydrogens (tertiary/aromatic N) is 3. The summed E-state index contributed by atoms with van der Waals surface area (Å²) in [5.41, 5.74) is 0.952.